The van der Waals surface area contributed by atoms with E-state index in [1.807, 2.05) is 0 Å². The van der Waals surface area contributed by atoms with Crippen molar-refractivity contribution >= 4 is 28.8 Å². The molecule has 52 valence electrons. The number of rotatable bonds is 0. The Labute approximate surface area is 62.0 Å². The van der Waals surface area contributed by atoms with Crippen LogP contribution in [0.3, 0.4) is 0 Å². The van der Waals surface area contributed by atoms with Crippen LogP contribution in [0.1, 0.15) is 0 Å². The van der Waals surface area contributed by atoms with Gasteiger partial charge in [0.1, 0.15) is 0 Å². The van der Waals surface area contributed by atoms with Crippen molar-refractivity contribution in [1.82, 2.24) is 0 Å². The standard InChI is InChI=1S/C4H12Si.CH6SSi/c1-5(2,3)4;1-3-2/h1-4H3;2H,3H2,1H3. The molecule has 0 fully saturated rings. The van der Waals surface area contributed by atoms with E-state index in [0.29, 0.717) is 0 Å². The molecule has 0 radical (unpaired) electrons. The predicted octanol–water partition coefficient (Wildman–Crippen LogP) is 2.00. The van der Waals surface area contributed by atoms with Gasteiger partial charge in [-0.05, 0) is 0 Å². The van der Waals surface area contributed by atoms with Crippen LogP contribution in [-0.4, -0.2) is 16.7 Å². The van der Waals surface area contributed by atoms with Crippen LogP contribution in [0.15, 0.2) is 0 Å². The second-order valence-corrected chi connectivity index (χ2v) is 11.8. The molecule has 0 aromatic heterocycles. The van der Waals surface area contributed by atoms with E-state index in [2.05, 4.69) is 44.8 Å². The topological polar surface area (TPSA) is 0 Å². The molecular weight excluding hydrogens is 148 g/mol. The van der Waals surface area contributed by atoms with Crippen LogP contribution in [0.5, 0.6) is 0 Å². The molecule has 8 heavy (non-hydrogen) atoms. The second kappa shape index (κ2) is 5.91. The van der Waals surface area contributed by atoms with E-state index in [4.69, 9.17) is 0 Å². The monoisotopic (exact) mass is 166 g/mol. The van der Waals surface area contributed by atoms with Gasteiger partial charge in [0, 0.05) is 8.07 Å². The molecule has 0 atom stereocenters. The summed E-state index contributed by atoms with van der Waals surface area (Å²) in [5.74, 6) is 0. The third-order valence-corrected chi connectivity index (χ3v) is 0. The molecule has 0 aromatic rings. The molecule has 0 spiro atoms. The Hall–Kier alpha value is 0.784. The third kappa shape index (κ3) is 369. The third-order valence-electron chi connectivity index (χ3n) is 0. The molecule has 0 bridgehead atoms. The first-order valence-corrected chi connectivity index (χ1v) is 11.0. The summed E-state index contributed by atoms with van der Waals surface area (Å²) < 4.78 is 0. The van der Waals surface area contributed by atoms with Crippen molar-refractivity contribution in [2.45, 2.75) is 32.7 Å². The van der Waals surface area contributed by atoms with E-state index in [1.54, 1.807) is 0 Å². The van der Waals surface area contributed by atoms with E-state index in [0.717, 1.165) is 0 Å². The van der Waals surface area contributed by atoms with Crippen LogP contribution >= 0.6 is 12.1 Å². The Balaban J connectivity index is 0. The van der Waals surface area contributed by atoms with Gasteiger partial charge in [-0.3, -0.25) is 0 Å². The molecule has 0 saturated carbocycles. The highest BCUT2D eigenvalue weighted by Crippen LogP contribution is 1.94. The molecule has 0 nitrogen and oxygen atoms in total. The Morgan fingerprint density at radius 1 is 1.12 bits per heavy atom. The minimum atomic E-state index is -0.611. The molecule has 0 unspecified atom stereocenters. The SMILES string of the molecule is C[SiH2]S.C[Si](C)(C)C. The van der Waals surface area contributed by atoms with Gasteiger partial charge in [0.05, 0.1) is 8.67 Å². The molecule has 0 aliphatic carbocycles. The maximum Gasteiger partial charge on any atom is 0.0782 e. The van der Waals surface area contributed by atoms with E-state index in [1.165, 1.54) is 0 Å². The van der Waals surface area contributed by atoms with Gasteiger partial charge in [-0.2, -0.15) is 0 Å². The molecule has 0 heterocycles. The van der Waals surface area contributed by atoms with Crippen LogP contribution < -0.4 is 0 Å². The highest BCUT2D eigenvalue weighted by molar-refractivity contribution is 8.06. The zero-order valence-corrected chi connectivity index (χ0v) is 9.96. The largest absolute Gasteiger partial charge is 0.210 e. The first-order valence-electron chi connectivity index (χ1n) is 3.02. The summed E-state index contributed by atoms with van der Waals surface area (Å²) in [4.78, 5) is 0. The van der Waals surface area contributed by atoms with Crippen molar-refractivity contribution in [1.29, 1.82) is 0 Å². The fourth-order valence-corrected chi connectivity index (χ4v) is 0. The van der Waals surface area contributed by atoms with Gasteiger partial charge < -0.3 is 0 Å². The van der Waals surface area contributed by atoms with Crippen molar-refractivity contribution in [3.05, 3.63) is 0 Å². The van der Waals surface area contributed by atoms with E-state index >= 15 is 0 Å². The lowest BCUT2D eigenvalue weighted by Crippen LogP contribution is -2.10. The van der Waals surface area contributed by atoms with Gasteiger partial charge >= 0.3 is 0 Å². The Bertz CT molecular complexity index is 34.2. The molecule has 0 amide bonds. The number of thiol groups is 1. The van der Waals surface area contributed by atoms with E-state index < -0.39 is 8.07 Å². The fraction of sp³-hybridized carbons (Fsp3) is 1.00. The minimum absolute atomic E-state index is 0.111. The molecule has 0 N–H and O–H groups in total. The van der Waals surface area contributed by atoms with Crippen LogP contribution in [0.4, 0.5) is 0 Å². The normalized spacial score (nSPS) is 11.2. The Morgan fingerprint density at radius 2 is 1.12 bits per heavy atom. The maximum absolute atomic E-state index is 3.93. The van der Waals surface area contributed by atoms with E-state index in [9.17, 15) is 0 Å². The zero-order chi connectivity index (χ0) is 7.21. The van der Waals surface area contributed by atoms with Crippen molar-refractivity contribution in [2.75, 3.05) is 0 Å². The van der Waals surface area contributed by atoms with Crippen molar-refractivity contribution in [2.24, 2.45) is 0 Å². The van der Waals surface area contributed by atoms with Gasteiger partial charge in [-0.1, -0.05) is 32.7 Å². The Kier molecular flexibility index (Phi) is 8.55. The van der Waals surface area contributed by atoms with Crippen LogP contribution in [0.2, 0.25) is 32.7 Å². The lowest BCUT2D eigenvalue weighted by atomic mass is 11.8. The Morgan fingerprint density at radius 3 is 1.12 bits per heavy atom. The molecule has 0 aromatic carbocycles. The van der Waals surface area contributed by atoms with Gasteiger partial charge in [-0.25, -0.2) is 12.1 Å². The summed E-state index contributed by atoms with van der Waals surface area (Å²) >= 11 is 3.93. The quantitative estimate of drug-likeness (QED) is 0.413. The number of hydrogen-bond acceptors (Lipinski definition) is 1. The average Bonchev–Trinajstić information content (AvgIpc) is 1.27. The fourth-order valence-electron chi connectivity index (χ4n) is 0. The summed E-state index contributed by atoms with van der Waals surface area (Å²) in [5, 5.41) is 0. The van der Waals surface area contributed by atoms with Gasteiger partial charge in [0.2, 0.25) is 0 Å². The van der Waals surface area contributed by atoms with Crippen molar-refractivity contribution in [3.63, 3.8) is 0 Å². The first kappa shape index (κ1) is 11.6. The van der Waals surface area contributed by atoms with Crippen molar-refractivity contribution < 1.29 is 0 Å². The lowest BCUT2D eigenvalue weighted by molar-refractivity contribution is 1.71. The second-order valence-electron chi connectivity index (χ2n) is 3.32. The molecule has 0 saturated heterocycles. The summed E-state index contributed by atoms with van der Waals surface area (Å²) in [7, 11) is -0.500. The highest BCUT2D eigenvalue weighted by atomic mass is 32.3. The van der Waals surface area contributed by atoms with Crippen LogP contribution in [0, 0.1) is 0 Å². The lowest BCUT2D eigenvalue weighted by Gasteiger charge is -2.01. The van der Waals surface area contributed by atoms with E-state index in [-0.39, 0.29) is 8.67 Å². The van der Waals surface area contributed by atoms with Crippen LogP contribution in [-0.2, 0) is 0 Å². The van der Waals surface area contributed by atoms with Gasteiger partial charge in [0.25, 0.3) is 0 Å². The summed E-state index contributed by atoms with van der Waals surface area (Å²) in [6, 6.07) is 0. The van der Waals surface area contributed by atoms with Gasteiger partial charge in [0.15, 0.2) is 0 Å². The summed E-state index contributed by atoms with van der Waals surface area (Å²) in [6.07, 6.45) is 0. The summed E-state index contributed by atoms with van der Waals surface area (Å²) in [5.41, 5.74) is 0. The molecular formula is C5H18SSi2. The van der Waals surface area contributed by atoms with Crippen molar-refractivity contribution in [3.8, 4) is 0 Å². The average molecular weight is 166 g/mol. The minimum Gasteiger partial charge on any atom is -0.210 e. The zero-order valence-electron chi connectivity index (χ0n) is 6.65. The molecule has 0 aliphatic heterocycles. The summed E-state index contributed by atoms with van der Waals surface area (Å²) in [6.45, 7) is 11.4. The molecule has 0 rings (SSSR count). The van der Waals surface area contributed by atoms with Crippen LogP contribution in [0.25, 0.3) is 0 Å². The highest BCUT2D eigenvalue weighted by Gasteiger charge is 1.99. The molecule has 0 aliphatic rings. The smallest absolute Gasteiger partial charge is 0.0782 e. The first-order chi connectivity index (χ1) is 3.41. The predicted molar refractivity (Wildman–Crippen MR) is 52.6 cm³/mol. The molecule has 3 heteroatoms. The number of hydrogen-bond donors (Lipinski definition) is 1. The van der Waals surface area contributed by atoms with Gasteiger partial charge in [-0.15, -0.1) is 0 Å². The maximum atomic E-state index is 3.93.